The van der Waals surface area contributed by atoms with Crippen LogP contribution < -0.4 is 0 Å². The molecule has 172 valence electrons. The summed E-state index contributed by atoms with van der Waals surface area (Å²) in [5, 5.41) is 2.62. The molecule has 0 spiro atoms. The Morgan fingerprint density at radius 3 is 1.16 bits per heavy atom. The zero-order valence-electron chi connectivity index (χ0n) is 18.5. The largest absolute Gasteiger partial charge is 0.463 e. The lowest BCUT2D eigenvalue weighted by molar-refractivity contribution is -0.148. The maximum Gasteiger partial charge on any atom is 0.302 e. The second kappa shape index (κ2) is 15.4. The van der Waals surface area contributed by atoms with Gasteiger partial charge in [0.15, 0.2) is 0 Å². The third kappa shape index (κ3) is 11.6. The van der Waals surface area contributed by atoms with Crippen LogP contribution in [0.15, 0.2) is 48.5 Å². The Kier molecular flexibility index (Phi) is 13.3. The van der Waals surface area contributed by atoms with Gasteiger partial charge in [0.25, 0.3) is 0 Å². The molecule has 2 aliphatic carbocycles. The van der Waals surface area contributed by atoms with E-state index in [4.69, 9.17) is 9.47 Å². The van der Waals surface area contributed by atoms with Gasteiger partial charge < -0.3 is 9.47 Å². The predicted molar refractivity (Wildman–Crippen MR) is 128 cm³/mol. The van der Waals surface area contributed by atoms with E-state index in [2.05, 4.69) is 48.5 Å². The molecular formula is C27H40O4. The molecule has 2 aromatic rings. The van der Waals surface area contributed by atoms with Crippen LogP contribution >= 0.6 is 0 Å². The van der Waals surface area contributed by atoms with E-state index in [1.807, 2.05) is 0 Å². The maximum atomic E-state index is 10.5. The van der Waals surface area contributed by atoms with Crippen LogP contribution in [-0.2, 0) is 19.1 Å². The van der Waals surface area contributed by atoms with Gasteiger partial charge >= 0.3 is 11.9 Å². The number of fused-ring (bicyclic) bond motifs is 1. The van der Waals surface area contributed by atoms with Crippen molar-refractivity contribution in [3.63, 3.8) is 0 Å². The molecule has 0 aliphatic heterocycles. The molecule has 0 unspecified atom stereocenters. The fourth-order valence-electron chi connectivity index (χ4n) is 3.97. The van der Waals surface area contributed by atoms with Crippen LogP contribution in [0.1, 0.15) is 85.5 Å². The van der Waals surface area contributed by atoms with Gasteiger partial charge in [0, 0.05) is 13.8 Å². The van der Waals surface area contributed by atoms with Crippen LogP contribution in [0.4, 0.5) is 0 Å². The Morgan fingerprint density at radius 2 is 0.903 bits per heavy atom. The molecule has 0 amide bonds. The average molecular weight is 429 g/mol. The molecule has 31 heavy (non-hydrogen) atoms. The summed E-state index contributed by atoms with van der Waals surface area (Å²) >= 11 is 0. The number of carbonyl (C=O) groups is 2. The lowest BCUT2D eigenvalue weighted by atomic mass is 9.98. The number of rotatable bonds is 2. The molecule has 0 heterocycles. The number of ether oxygens (including phenoxy) is 2. The number of hydrogen-bond donors (Lipinski definition) is 0. The summed E-state index contributed by atoms with van der Waals surface area (Å²) in [4.78, 5) is 21.0. The standard InChI is InChI=1S/C10H8.2C8H14O2.CH4/c1-2-6-10-8-4-3-7-9(10)5-1;2*1-7(9)10-8-5-3-2-4-6-8;/h1-8H;2*8H,2-6H2,1H3;1H4. The Hall–Kier alpha value is -2.36. The highest BCUT2D eigenvalue weighted by molar-refractivity contribution is 5.82. The second-order valence-corrected chi connectivity index (χ2v) is 8.09. The second-order valence-electron chi connectivity index (χ2n) is 8.09. The van der Waals surface area contributed by atoms with Crippen molar-refractivity contribution in [1.82, 2.24) is 0 Å². The van der Waals surface area contributed by atoms with E-state index in [0.717, 1.165) is 25.7 Å². The van der Waals surface area contributed by atoms with Crippen molar-refractivity contribution >= 4 is 22.7 Å². The Labute approximate surface area is 188 Å². The van der Waals surface area contributed by atoms with E-state index in [1.165, 1.54) is 63.1 Å². The highest BCUT2D eigenvalue weighted by atomic mass is 16.5. The minimum atomic E-state index is -0.132. The number of hydrogen-bond acceptors (Lipinski definition) is 4. The van der Waals surface area contributed by atoms with Gasteiger partial charge in [0.2, 0.25) is 0 Å². The zero-order chi connectivity index (χ0) is 21.6. The van der Waals surface area contributed by atoms with Crippen LogP contribution in [0.5, 0.6) is 0 Å². The van der Waals surface area contributed by atoms with E-state index < -0.39 is 0 Å². The van der Waals surface area contributed by atoms with Gasteiger partial charge in [-0.05, 0) is 62.1 Å². The highest BCUT2D eigenvalue weighted by Crippen LogP contribution is 2.20. The Morgan fingerprint density at radius 1 is 0.613 bits per heavy atom. The Balaban J connectivity index is 0.000000229. The molecule has 0 radical (unpaired) electrons. The first-order valence-corrected chi connectivity index (χ1v) is 11.3. The van der Waals surface area contributed by atoms with E-state index in [0.29, 0.717) is 0 Å². The van der Waals surface area contributed by atoms with Crippen LogP contribution in [0.3, 0.4) is 0 Å². The molecule has 0 bridgehead atoms. The fourth-order valence-corrected chi connectivity index (χ4v) is 3.97. The van der Waals surface area contributed by atoms with E-state index >= 15 is 0 Å². The van der Waals surface area contributed by atoms with Crippen LogP contribution in [0.2, 0.25) is 0 Å². The van der Waals surface area contributed by atoms with Gasteiger partial charge in [-0.15, -0.1) is 0 Å². The number of benzene rings is 2. The molecule has 0 aromatic heterocycles. The third-order valence-corrected chi connectivity index (χ3v) is 5.43. The summed E-state index contributed by atoms with van der Waals surface area (Å²) < 4.78 is 10.1. The molecule has 0 saturated heterocycles. The predicted octanol–water partition coefficient (Wildman–Crippen LogP) is 7.24. The summed E-state index contributed by atoms with van der Waals surface area (Å²) in [5.41, 5.74) is 0. The van der Waals surface area contributed by atoms with E-state index in [9.17, 15) is 9.59 Å². The monoisotopic (exact) mass is 428 g/mol. The Bertz CT molecular complexity index is 663. The highest BCUT2D eigenvalue weighted by Gasteiger charge is 2.15. The quantitative estimate of drug-likeness (QED) is 0.473. The average Bonchev–Trinajstić information content (AvgIpc) is 2.75. The molecule has 4 heteroatoms. The summed E-state index contributed by atoms with van der Waals surface area (Å²) in [5.74, 6) is -0.265. The van der Waals surface area contributed by atoms with E-state index in [1.54, 1.807) is 0 Å². The van der Waals surface area contributed by atoms with E-state index in [-0.39, 0.29) is 31.6 Å². The van der Waals surface area contributed by atoms with Crippen molar-refractivity contribution < 1.29 is 19.1 Å². The minimum absolute atomic E-state index is 0. The van der Waals surface area contributed by atoms with Gasteiger partial charge in [-0.3, -0.25) is 9.59 Å². The third-order valence-electron chi connectivity index (χ3n) is 5.43. The zero-order valence-corrected chi connectivity index (χ0v) is 18.5. The van der Waals surface area contributed by atoms with Crippen LogP contribution in [-0.4, -0.2) is 24.1 Å². The summed E-state index contributed by atoms with van der Waals surface area (Å²) in [6.07, 6.45) is 12.2. The van der Waals surface area contributed by atoms with Crippen molar-refractivity contribution in [2.24, 2.45) is 0 Å². The van der Waals surface area contributed by atoms with Gasteiger partial charge in [0.05, 0.1) is 0 Å². The normalized spacial score (nSPS) is 16.5. The maximum absolute atomic E-state index is 10.5. The molecule has 4 nitrogen and oxygen atoms in total. The molecule has 4 rings (SSSR count). The lowest BCUT2D eigenvalue weighted by Crippen LogP contribution is -2.18. The van der Waals surface area contributed by atoms with Crippen molar-refractivity contribution in [2.45, 2.75) is 97.7 Å². The van der Waals surface area contributed by atoms with Crippen LogP contribution in [0, 0.1) is 0 Å². The molecule has 2 saturated carbocycles. The molecule has 2 aromatic carbocycles. The fraction of sp³-hybridized carbons (Fsp3) is 0.556. The summed E-state index contributed by atoms with van der Waals surface area (Å²) in [6, 6.07) is 16.7. The van der Waals surface area contributed by atoms with Gasteiger partial charge in [-0.1, -0.05) is 68.8 Å². The summed E-state index contributed by atoms with van der Waals surface area (Å²) in [6.45, 7) is 2.96. The van der Waals surface area contributed by atoms with Crippen molar-refractivity contribution in [2.75, 3.05) is 0 Å². The summed E-state index contributed by atoms with van der Waals surface area (Å²) in [7, 11) is 0. The van der Waals surface area contributed by atoms with Crippen molar-refractivity contribution in [3.05, 3.63) is 48.5 Å². The first-order valence-electron chi connectivity index (χ1n) is 11.3. The van der Waals surface area contributed by atoms with Crippen molar-refractivity contribution in [1.29, 1.82) is 0 Å². The number of esters is 2. The minimum Gasteiger partial charge on any atom is -0.463 e. The van der Waals surface area contributed by atoms with Crippen molar-refractivity contribution in [3.8, 4) is 0 Å². The topological polar surface area (TPSA) is 52.6 Å². The molecule has 0 atom stereocenters. The van der Waals surface area contributed by atoms with Gasteiger partial charge in [0.1, 0.15) is 12.2 Å². The van der Waals surface area contributed by atoms with Gasteiger partial charge in [-0.25, -0.2) is 0 Å². The smallest absolute Gasteiger partial charge is 0.302 e. The molecule has 2 fully saturated rings. The molecular weight excluding hydrogens is 388 g/mol. The first kappa shape index (κ1) is 26.7. The first-order chi connectivity index (χ1) is 14.5. The number of carbonyl (C=O) groups excluding carboxylic acids is 2. The lowest BCUT2D eigenvalue weighted by Gasteiger charge is -2.20. The molecule has 0 N–H and O–H groups in total. The molecule has 2 aliphatic rings. The van der Waals surface area contributed by atoms with Crippen LogP contribution in [0.25, 0.3) is 10.8 Å². The van der Waals surface area contributed by atoms with Gasteiger partial charge in [-0.2, -0.15) is 0 Å². The SMILES string of the molecule is C.CC(=O)OC1CCCCC1.CC(=O)OC1CCCCC1.c1ccc2ccccc2c1.